The first-order valence-electron chi connectivity index (χ1n) is 4.69. The van der Waals surface area contributed by atoms with Crippen LogP contribution in [0.25, 0.3) is 11.1 Å². The molecular formula is C11H9ClFNO3S. The molecule has 0 atom stereocenters. The summed E-state index contributed by atoms with van der Waals surface area (Å²) in [5, 5.41) is 0. The van der Waals surface area contributed by atoms with E-state index >= 15 is 0 Å². The Balaban J connectivity index is 0.00000162. The molecule has 0 aliphatic heterocycles. The second kappa shape index (κ2) is 5.79. The normalized spacial score (nSPS) is 10.5. The summed E-state index contributed by atoms with van der Waals surface area (Å²) >= 11 is 0. The van der Waals surface area contributed by atoms with Crippen molar-refractivity contribution in [3.05, 3.63) is 48.8 Å². The summed E-state index contributed by atoms with van der Waals surface area (Å²) in [5.74, 6) is -0.0693. The predicted octanol–water partition coefficient (Wildman–Crippen LogP) is 2.76. The number of aromatic nitrogens is 1. The van der Waals surface area contributed by atoms with Crippen molar-refractivity contribution in [3.8, 4) is 16.9 Å². The molecule has 1 aromatic heterocycles. The summed E-state index contributed by atoms with van der Waals surface area (Å²) < 4.78 is 36.8. The molecule has 2 aromatic rings. The largest absolute Gasteiger partial charge is 0.488 e. The van der Waals surface area contributed by atoms with Gasteiger partial charge in [-0.2, -0.15) is 8.42 Å². The van der Waals surface area contributed by atoms with Crippen LogP contribution in [0.15, 0.2) is 48.8 Å². The van der Waals surface area contributed by atoms with E-state index in [-0.39, 0.29) is 18.2 Å². The molecular weight excluding hydrogens is 281 g/mol. The van der Waals surface area contributed by atoms with Crippen LogP contribution < -0.4 is 4.18 Å². The molecule has 0 aliphatic rings. The van der Waals surface area contributed by atoms with Crippen LogP contribution in [0, 0.1) is 0 Å². The topological polar surface area (TPSA) is 56.3 Å². The Bertz CT molecular complexity index is 602. The summed E-state index contributed by atoms with van der Waals surface area (Å²) in [5.41, 5.74) is 1.71. The second-order valence-electron chi connectivity index (χ2n) is 3.24. The van der Waals surface area contributed by atoms with E-state index in [0.717, 1.165) is 11.1 Å². The number of pyridine rings is 1. The summed E-state index contributed by atoms with van der Waals surface area (Å²) in [7, 11) is -4.97. The van der Waals surface area contributed by atoms with Crippen LogP contribution in [-0.2, 0) is 10.5 Å². The summed E-state index contributed by atoms with van der Waals surface area (Å²) in [6.07, 6.45) is 3.32. The zero-order valence-corrected chi connectivity index (χ0v) is 10.6. The number of rotatable bonds is 3. The number of nitrogens with zero attached hydrogens (tertiary/aromatic N) is 1. The number of halogens is 2. The molecule has 0 saturated heterocycles. The minimum absolute atomic E-state index is 0. The molecule has 0 bridgehead atoms. The molecule has 0 fully saturated rings. The Morgan fingerprint density at radius 1 is 1.06 bits per heavy atom. The summed E-state index contributed by atoms with van der Waals surface area (Å²) in [6, 6.07) is 9.63. The zero-order chi connectivity index (χ0) is 12.3. The van der Waals surface area contributed by atoms with Gasteiger partial charge in [0.05, 0.1) is 0 Å². The maximum atomic E-state index is 12.2. The third kappa shape index (κ3) is 3.97. The highest BCUT2D eigenvalue weighted by molar-refractivity contribution is 7.81. The molecule has 1 heterocycles. The molecule has 0 aliphatic carbocycles. The highest BCUT2D eigenvalue weighted by Gasteiger charge is 2.09. The fraction of sp³-hybridized carbons (Fsp3) is 0. The SMILES string of the molecule is Cl.O=S(=O)(F)Oc1ccc(-c2cccnc2)cc1. The van der Waals surface area contributed by atoms with Crippen molar-refractivity contribution in [1.29, 1.82) is 0 Å². The molecule has 0 N–H and O–H groups in total. The van der Waals surface area contributed by atoms with Gasteiger partial charge in [0.1, 0.15) is 5.75 Å². The van der Waals surface area contributed by atoms with Gasteiger partial charge < -0.3 is 4.18 Å². The van der Waals surface area contributed by atoms with E-state index in [0.29, 0.717) is 0 Å². The van der Waals surface area contributed by atoms with Gasteiger partial charge in [0, 0.05) is 12.4 Å². The van der Waals surface area contributed by atoms with E-state index in [1.54, 1.807) is 30.6 Å². The molecule has 18 heavy (non-hydrogen) atoms. The molecule has 0 unspecified atom stereocenters. The van der Waals surface area contributed by atoms with Crippen LogP contribution in [0.2, 0.25) is 0 Å². The monoisotopic (exact) mass is 289 g/mol. The van der Waals surface area contributed by atoms with Crippen LogP contribution >= 0.6 is 12.4 Å². The average Bonchev–Trinajstić information content (AvgIpc) is 2.29. The van der Waals surface area contributed by atoms with Crippen LogP contribution in [0.4, 0.5) is 3.89 Å². The summed E-state index contributed by atoms with van der Waals surface area (Å²) in [6.45, 7) is 0. The maximum absolute atomic E-state index is 12.2. The first-order chi connectivity index (χ1) is 8.04. The van der Waals surface area contributed by atoms with Crippen LogP contribution in [0.1, 0.15) is 0 Å². The molecule has 1 aromatic carbocycles. The van der Waals surface area contributed by atoms with Gasteiger partial charge in [-0.25, -0.2) is 0 Å². The Kier molecular flexibility index (Phi) is 4.63. The number of benzene rings is 1. The third-order valence-corrected chi connectivity index (χ3v) is 2.44. The van der Waals surface area contributed by atoms with E-state index in [1.807, 2.05) is 6.07 Å². The molecule has 2 rings (SSSR count). The van der Waals surface area contributed by atoms with Crippen molar-refractivity contribution < 1.29 is 16.5 Å². The van der Waals surface area contributed by atoms with Crippen molar-refractivity contribution in [1.82, 2.24) is 4.98 Å². The van der Waals surface area contributed by atoms with Gasteiger partial charge in [-0.1, -0.05) is 22.1 Å². The van der Waals surface area contributed by atoms with Crippen molar-refractivity contribution in [2.75, 3.05) is 0 Å². The van der Waals surface area contributed by atoms with Crippen molar-refractivity contribution in [2.24, 2.45) is 0 Å². The first-order valence-corrected chi connectivity index (χ1v) is 6.00. The lowest BCUT2D eigenvalue weighted by Gasteiger charge is -2.02. The maximum Gasteiger partial charge on any atom is 0.488 e. The van der Waals surface area contributed by atoms with Crippen LogP contribution in [-0.4, -0.2) is 13.4 Å². The molecule has 0 spiro atoms. The van der Waals surface area contributed by atoms with Gasteiger partial charge >= 0.3 is 10.5 Å². The van der Waals surface area contributed by atoms with Crippen LogP contribution in [0.5, 0.6) is 5.75 Å². The Morgan fingerprint density at radius 3 is 2.22 bits per heavy atom. The van der Waals surface area contributed by atoms with Gasteiger partial charge in [0.15, 0.2) is 0 Å². The van der Waals surface area contributed by atoms with Crippen molar-refractivity contribution in [2.45, 2.75) is 0 Å². The molecule has 7 heteroatoms. The summed E-state index contributed by atoms with van der Waals surface area (Å²) in [4.78, 5) is 3.96. The van der Waals surface area contributed by atoms with E-state index < -0.39 is 10.5 Å². The minimum atomic E-state index is -4.97. The van der Waals surface area contributed by atoms with E-state index in [1.165, 1.54) is 12.1 Å². The Hall–Kier alpha value is -1.66. The Labute approximate surface area is 110 Å². The highest BCUT2D eigenvalue weighted by Crippen LogP contribution is 2.22. The van der Waals surface area contributed by atoms with Gasteiger partial charge in [0.2, 0.25) is 0 Å². The second-order valence-corrected chi connectivity index (χ2v) is 4.20. The van der Waals surface area contributed by atoms with Crippen LogP contribution in [0.3, 0.4) is 0 Å². The highest BCUT2D eigenvalue weighted by atomic mass is 35.5. The zero-order valence-electron chi connectivity index (χ0n) is 8.99. The van der Waals surface area contributed by atoms with E-state index in [2.05, 4.69) is 9.17 Å². The average molecular weight is 290 g/mol. The smallest absolute Gasteiger partial charge is 0.358 e. The minimum Gasteiger partial charge on any atom is -0.358 e. The molecule has 4 nitrogen and oxygen atoms in total. The fourth-order valence-corrected chi connectivity index (χ4v) is 1.69. The van der Waals surface area contributed by atoms with Crippen molar-refractivity contribution in [3.63, 3.8) is 0 Å². The lowest BCUT2D eigenvalue weighted by molar-refractivity contribution is 0.440. The van der Waals surface area contributed by atoms with Gasteiger partial charge in [-0.3, -0.25) is 4.98 Å². The lowest BCUT2D eigenvalue weighted by Crippen LogP contribution is -2.00. The quantitative estimate of drug-likeness (QED) is 0.815. The molecule has 0 saturated carbocycles. The molecule has 96 valence electrons. The molecule has 0 radical (unpaired) electrons. The standard InChI is InChI=1S/C11H8FNO3S.ClH/c12-17(14,15)16-11-5-3-9(4-6-11)10-2-1-7-13-8-10;/h1-8H;1H. The van der Waals surface area contributed by atoms with Gasteiger partial charge in [0.25, 0.3) is 0 Å². The first kappa shape index (κ1) is 14.4. The van der Waals surface area contributed by atoms with Gasteiger partial charge in [-0.05, 0) is 29.3 Å². The number of hydrogen-bond donors (Lipinski definition) is 0. The Morgan fingerprint density at radius 2 is 1.72 bits per heavy atom. The molecule has 0 amide bonds. The fourth-order valence-electron chi connectivity index (χ4n) is 1.35. The predicted molar refractivity (Wildman–Crippen MR) is 67.6 cm³/mol. The van der Waals surface area contributed by atoms with E-state index in [9.17, 15) is 12.3 Å². The van der Waals surface area contributed by atoms with Crippen molar-refractivity contribution >= 4 is 22.9 Å². The lowest BCUT2D eigenvalue weighted by atomic mass is 10.1. The number of hydrogen-bond acceptors (Lipinski definition) is 4. The third-order valence-electron chi connectivity index (χ3n) is 2.04. The van der Waals surface area contributed by atoms with Gasteiger partial charge in [-0.15, -0.1) is 12.4 Å². The van der Waals surface area contributed by atoms with E-state index in [4.69, 9.17) is 0 Å².